The fraction of sp³-hybridized carbons (Fsp3) is 0.462. The molecular weight excluding hydrogens is 230 g/mol. The van der Waals surface area contributed by atoms with Gasteiger partial charge in [-0.1, -0.05) is 23.5 Å². The van der Waals surface area contributed by atoms with Gasteiger partial charge in [0.15, 0.2) is 5.13 Å². The summed E-state index contributed by atoms with van der Waals surface area (Å²) in [5.74, 6) is 0. The van der Waals surface area contributed by atoms with Crippen molar-refractivity contribution in [2.75, 3.05) is 31.5 Å². The summed E-state index contributed by atoms with van der Waals surface area (Å²) in [4.78, 5) is 7.08. The molecule has 17 heavy (non-hydrogen) atoms. The normalized spacial score (nSPS) is 16.7. The van der Waals surface area contributed by atoms with E-state index < -0.39 is 0 Å². The zero-order valence-electron chi connectivity index (χ0n) is 9.85. The highest BCUT2D eigenvalue weighted by Gasteiger charge is 2.10. The van der Waals surface area contributed by atoms with Gasteiger partial charge in [-0.3, -0.25) is 0 Å². The summed E-state index contributed by atoms with van der Waals surface area (Å²) in [6.07, 6.45) is 2.72. The molecule has 0 aliphatic carbocycles. The van der Waals surface area contributed by atoms with E-state index in [0.717, 1.165) is 23.7 Å². The molecule has 1 aliphatic rings. The topological polar surface area (TPSA) is 28.2 Å². The van der Waals surface area contributed by atoms with Crippen LogP contribution < -0.4 is 5.32 Å². The number of thiazole rings is 1. The number of nitrogens with zero attached hydrogens (tertiary/aromatic N) is 2. The van der Waals surface area contributed by atoms with Crippen molar-refractivity contribution in [3.05, 3.63) is 24.3 Å². The standard InChI is InChI=1S/C13H17N3S/c1-2-6-12-11(5-1)15-13(17-12)14-7-10-16-8-3-4-9-16/h1-2,5-6H,3-4,7-10H2,(H,14,15). The molecule has 1 aromatic heterocycles. The monoisotopic (exact) mass is 247 g/mol. The molecule has 0 saturated carbocycles. The van der Waals surface area contributed by atoms with Crippen LogP contribution in [0.15, 0.2) is 24.3 Å². The molecule has 1 fully saturated rings. The Labute approximate surface area is 105 Å². The molecule has 0 atom stereocenters. The Bertz CT molecular complexity index is 455. The van der Waals surface area contributed by atoms with Gasteiger partial charge in [0, 0.05) is 13.1 Å². The van der Waals surface area contributed by atoms with E-state index in [4.69, 9.17) is 0 Å². The lowest BCUT2D eigenvalue weighted by Crippen LogP contribution is -2.25. The molecule has 0 unspecified atom stereocenters. The maximum Gasteiger partial charge on any atom is 0.183 e. The minimum atomic E-state index is 1.000. The SMILES string of the molecule is c1ccc2sc(NCCN3CCCC3)nc2c1. The highest BCUT2D eigenvalue weighted by atomic mass is 32.1. The Morgan fingerprint density at radius 3 is 2.88 bits per heavy atom. The summed E-state index contributed by atoms with van der Waals surface area (Å²) < 4.78 is 1.26. The summed E-state index contributed by atoms with van der Waals surface area (Å²) in [5, 5.41) is 4.47. The minimum absolute atomic E-state index is 1.000. The summed E-state index contributed by atoms with van der Waals surface area (Å²) in [6.45, 7) is 4.67. The first kappa shape index (κ1) is 11.0. The first-order valence-electron chi connectivity index (χ1n) is 6.24. The number of aromatic nitrogens is 1. The van der Waals surface area contributed by atoms with E-state index in [-0.39, 0.29) is 0 Å². The van der Waals surface area contributed by atoms with Crippen LogP contribution >= 0.6 is 11.3 Å². The van der Waals surface area contributed by atoms with Gasteiger partial charge >= 0.3 is 0 Å². The summed E-state index contributed by atoms with van der Waals surface area (Å²) in [5.41, 5.74) is 1.10. The molecule has 0 spiro atoms. The van der Waals surface area contributed by atoms with E-state index in [2.05, 4.69) is 33.4 Å². The Hall–Kier alpha value is -1.13. The van der Waals surface area contributed by atoms with Crippen molar-refractivity contribution in [2.45, 2.75) is 12.8 Å². The second kappa shape index (κ2) is 5.02. The number of likely N-dealkylation sites (tertiary alicyclic amines) is 1. The number of hydrogen-bond acceptors (Lipinski definition) is 4. The molecule has 0 radical (unpaired) electrons. The molecule has 1 aliphatic heterocycles. The van der Waals surface area contributed by atoms with Crippen LogP contribution in [0.1, 0.15) is 12.8 Å². The molecule has 2 heterocycles. The maximum absolute atomic E-state index is 4.57. The van der Waals surface area contributed by atoms with Gasteiger partial charge in [0.05, 0.1) is 10.2 Å². The van der Waals surface area contributed by atoms with E-state index >= 15 is 0 Å². The first-order valence-corrected chi connectivity index (χ1v) is 7.05. The molecule has 3 nitrogen and oxygen atoms in total. The second-order valence-corrected chi connectivity index (χ2v) is 5.49. The summed E-state index contributed by atoms with van der Waals surface area (Å²) in [6, 6.07) is 8.29. The molecular formula is C13H17N3S. The predicted molar refractivity (Wildman–Crippen MR) is 73.8 cm³/mol. The largest absolute Gasteiger partial charge is 0.360 e. The molecule has 4 heteroatoms. The van der Waals surface area contributed by atoms with Crippen LogP contribution in [0.2, 0.25) is 0 Å². The number of hydrogen-bond donors (Lipinski definition) is 1. The lowest BCUT2D eigenvalue weighted by molar-refractivity contribution is 0.352. The van der Waals surface area contributed by atoms with Gasteiger partial charge in [-0.2, -0.15) is 0 Å². The fourth-order valence-corrected chi connectivity index (χ4v) is 3.17. The smallest absolute Gasteiger partial charge is 0.183 e. The van der Waals surface area contributed by atoms with Crippen molar-refractivity contribution in [3.8, 4) is 0 Å². The van der Waals surface area contributed by atoms with Crippen molar-refractivity contribution in [1.29, 1.82) is 0 Å². The number of anilines is 1. The summed E-state index contributed by atoms with van der Waals surface area (Å²) >= 11 is 1.74. The molecule has 90 valence electrons. The van der Waals surface area contributed by atoms with Crippen LogP contribution in [0.25, 0.3) is 10.2 Å². The lowest BCUT2D eigenvalue weighted by Gasteiger charge is -2.13. The zero-order valence-corrected chi connectivity index (χ0v) is 10.7. The van der Waals surface area contributed by atoms with Crippen molar-refractivity contribution < 1.29 is 0 Å². The van der Waals surface area contributed by atoms with Gasteiger partial charge in [0.1, 0.15) is 0 Å². The van der Waals surface area contributed by atoms with Gasteiger partial charge in [-0.25, -0.2) is 4.98 Å². The fourth-order valence-electron chi connectivity index (χ4n) is 2.28. The van der Waals surface area contributed by atoms with Crippen LogP contribution in [0.3, 0.4) is 0 Å². The third-order valence-corrected chi connectivity index (χ3v) is 4.19. The van der Waals surface area contributed by atoms with Crippen LogP contribution in [-0.2, 0) is 0 Å². The van der Waals surface area contributed by atoms with E-state index in [9.17, 15) is 0 Å². The van der Waals surface area contributed by atoms with Gasteiger partial charge in [0.2, 0.25) is 0 Å². The Balaban J connectivity index is 1.57. The van der Waals surface area contributed by atoms with Crippen LogP contribution in [0.4, 0.5) is 5.13 Å². The van der Waals surface area contributed by atoms with E-state index in [1.54, 1.807) is 11.3 Å². The van der Waals surface area contributed by atoms with E-state index in [0.29, 0.717) is 0 Å². The second-order valence-electron chi connectivity index (χ2n) is 4.46. The summed E-state index contributed by atoms with van der Waals surface area (Å²) in [7, 11) is 0. The number of rotatable bonds is 4. The van der Waals surface area contributed by atoms with Crippen molar-refractivity contribution in [2.24, 2.45) is 0 Å². The van der Waals surface area contributed by atoms with Gasteiger partial charge in [0.25, 0.3) is 0 Å². The molecule has 2 aromatic rings. The van der Waals surface area contributed by atoms with Crippen LogP contribution in [0, 0.1) is 0 Å². The predicted octanol–water partition coefficient (Wildman–Crippen LogP) is 2.80. The highest BCUT2D eigenvalue weighted by Crippen LogP contribution is 2.25. The van der Waals surface area contributed by atoms with Crippen LogP contribution in [-0.4, -0.2) is 36.1 Å². The minimum Gasteiger partial charge on any atom is -0.360 e. The quantitative estimate of drug-likeness (QED) is 0.900. The van der Waals surface area contributed by atoms with Gasteiger partial charge in [-0.05, 0) is 38.1 Å². The molecule has 0 amide bonds. The Morgan fingerprint density at radius 2 is 2.06 bits per heavy atom. The molecule has 3 rings (SSSR count). The van der Waals surface area contributed by atoms with Crippen molar-refractivity contribution in [3.63, 3.8) is 0 Å². The number of para-hydroxylation sites is 1. The average molecular weight is 247 g/mol. The zero-order chi connectivity index (χ0) is 11.5. The number of fused-ring (bicyclic) bond motifs is 1. The maximum atomic E-state index is 4.57. The number of nitrogens with one attached hydrogen (secondary N) is 1. The van der Waals surface area contributed by atoms with Crippen molar-refractivity contribution in [1.82, 2.24) is 9.88 Å². The third-order valence-electron chi connectivity index (χ3n) is 3.20. The average Bonchev–Trinajstić information content (AvgIpc) is 2.96. The molecule has 0 bridgehead atoms. The number of benzene rings is 1. The first-order chi connectivity index (χ1) is 8.42. The van der Waals surface area contributed by atoms with Crippen LogP contribution in [0.5, 0.6) is 0 Å². The molecule has 1 saturated heterocycles. The van der Waals surface area contributed by atoms with E-state index in [1.165, 1.54) is 30.6 Å². The van der Waals surface area contributed by atoms with Gasteiger partial charge < -0.3 is 10.2 Å². The molecule has 1 aromatic carbocycles. The lowest BCUT2D eigenvalue weighted by atomic mass is 10.3. The Kier molecular flexibility index (Phi) is 3.25. The molecule has 1 N–H and O–H groups in total. The Morgan fingerprint density at radius 1 is 1.24 bits per heavy atom. The van der Waals surface area contributed by atoms with Gasteiger partial charge in [-0.15, -0.1) is 0 Å². The van der Waals surface area contributed by atoms with Crippen molar-refractivity contribution >= 4 is 26.7 Å². The highest BCUT2D eigenvalue weighted by molar-refractivity contribution is 7.22. The van der Waals surface area contributed by atoms with E-state index in [1.807, 2.05) is 6.07 Å². The third kappa shape index (κ3) is 2.58.